The molecule has 94 valence electrons. The van der Waals surface area contributed by atoms with Crippen LogP contribution in [0, 0.1) is 5.41 Å². The minimum Gasteiger partial charge on any atom is -0.477 e. The maximum Gasteiger partial charge on any atom is 0.359 e. The van der Waals surface area contributed by atoms with Crippen molar-refractivity contribution < 1.29 is 23.9 Å². The van der Waals surface area contributed by atoms with Crippen LogP contribution in [-0.2, 0) is 14.3 Å². The Morgan fingerprint density at radius 3 is 2.19 bits per heavy atom. The van der Waals surface area contributed by atoms with Crippen molar-refractivity contribution in [3.8, 4) is 0 Å². The summed E-state index contributed by atoms with van der Waals surface area (Å²) in [7, 11) is 3.42. The number of esters is 1. The minimum absolute atomic E-state index is 0.0696. The first-order chi connectivity index (χ1) is 7.10. The first-order valence-corrected chi connectivity index (χ1v) is 5.32. The number of hydrogen-bond donors (Lipinski definition) is 1. The van der Waals surface area contributed by atoms with Gasteiger partial charge in [-0.1, -0.05) is 6.92 Å². The number of carbonyl (C=O) groups excluding carboxylic acids is 1. The van der Waals surface area contributed by atoms with Crippen LogP contribution in [0.2, 0.25) is 0 Å². The van der Waals surface area contributed by atoms with Crippen molar-refractivity contribution in [1.82, 2.24) is 0 Å². The molecule has 16 heavy (non-hydrogen) atoms. The van der Waals surface area contributed by atoms with Crippen molar-refractivity contribution in [2.45, 2.75) is 27.2 Å². The molecule has 0 unspecified atom stereocenters. The molecule has 0 aromatic carbocycles. The Bertz CT molecular complexity index is 271. The van der Waals surface area contributed by atoms with Crippen LogP contribution >= 0.6 is 0 Å². The summed E-state index contributed by atoms with van der Waals surface area (Å²) in [6.45, 7) is 5.55. The molecule has 0 atom stereocenters. The van der Waals surface area contributed by atoms with E-state index < -0.39 is 11.4 Å². The Hall–Kier alpha value is -1.10. The van der Waals surface area contributed by atoms with Gasteiger partial charge in [-0.2, -0.15) is 0 Å². The fourth-order valence-corrected chi connectivity index (χ4v) is 0.985. The number of carbonyl (C=O) groups is 2. The maximum atomic E-state index is 11.6. The first-order valence-electron chi connectivity index (χ1n) is 5.32. The molecule has 0 fully saturated rings. The number of rotatable bonds is 6. The van der Waals surface area contributed by atoms with Gasteiger partial charge in [-0.25, -0.2) is 4.79 Å². The van der Waals surface area contributed by atoms with E-state index in [0.29, 0.717) is 6.42 Å². The Labute approximate surface area is 96.6 Å². The lowest BCUT2D eigenvalue weighted by molar-refractivity contribution is -0.900. The molecule has 0 radical (unpaired) electrons. The molecule has 0 aromatic heterocycles. The van der Waals surface area contributed by atoms with Crippen LogP contribution in [0.4, 0.5) is 0 Å². The van der Waals surface area contributed by atoms with Crippen LogP contribution in [0.25, 0.3) is 0 Å². The van der Waals surface area contributed by atoms with Crippen LogP contribution in [0.5, 0.6) is 0 Å². The average molecular weight is 235 g/mol. The van der Waals surface area contributed by atoms with Gasteiger partial charge in [0, 0.05) is 0 Å². The van der Waals surface area contributed by atoms with Crippen molar-refractivity contribution in [2.75, 3.05) is 27.4 Å². The number of nitrogens with zero attached hydrogens (tertiary/aromatic N) is 1. The van der Waals surface area contributed by atoms with Crippen LogP contribution in [0.15, 0.2) is 0 Å². The molecule has 0 aliphatic carbocycles. The number of likely N-dealkylation sites (N-methyl/N-ethyl adjacent to an activating group) is 1. The number of aliphatic carboxylic acids is 1. The van der Waals surface area contributed by atoms with Gasteiger partial charge in [0.15, 0.2) is 6.54 Å². The van der Waals surface area contributed by atoms with E-state index in [1.165, 1.54) is 0 Å². The predicted octanol–water partition coefficient (Wildman–Crippen LogP) is 1.08. The monoisotopic (exact) mass is 235 g/mol. The summed E-state index contributed by atoms with van der Waals surface area (Å²) in [6, 6.07) is 0. The number of carboxylic acid groups (broad SMARTS) is 1. The highest BCUT2D eigenvalue weighted by molar-refractivity contribution is 5.75. The lowest BCUT2D eigenvalue weighted by atomic mass is 9.91. The molecule has 0 aromatic rings. The highest BCUT2D eigenvalue weighted by atomic mass is 16.6. The molecule has 5 heteroatoms. The Kier molecular flexibility index (Phi) is 4.93. The zero-order chi connectivity index (χ0) is 13.0. The second-order valence-corrected chi connectivity index (χ2v) is 5.29. The molecule has 1 N–H and O–H groups in total. The Morgan fingerprint density at radius 2 is 1.81 bits per heavy atom. The van der Waals surface area contributed by atoms with Crippen LogP contribution in [0.1, 0.15) is 27.2 Å². The second-order valence-electron chi connectivity index (χ2n) is 5.29. The maximum absolute atomic E-state index is 11.6. The summed E-state index contributed by atoms with van der Waals surface area (Å²) >= 11 is 0. The highest BCUT2D eigenvalue weighted by Gasteiger charge is 2.30. The van der Waals surface area contributed by atoms with Gasteiger partial charge in [-0.15, -0.1) is 0 Å². The average Bonchev–Trinajstić information content (AvgIpc) is 2.12. The number of ether oxygens (including phenoxy) is 1. The number of carboxylic acids is 1. The number of quaternary nitrogens is 1. The molecular formula is C11H22NO4+. The van der Waals surface area contributed by atoms with E-state index in [1.807, 2.05) is 20.8 Å². The van der Waals surface area contributed by atoms with E-state index in [4.69, 9.17) is 9.84 Å². The van der Waals surface area contributed by atoms with Crippen molar-refractivity contribution >= 4 is 11.9 Å². The molecule has 0 saturated carbocycles. The van der Waals surface area contributed by atoms with Crippen molar-refractivity contribution in [3.63, 3.8) is 0 Å². The molecule has 0 heterocycles. The summed E-state index contributed by atoms with van der Waals surface area (Å²) in [5.74, 6) is -1.19. The Morgan fingerprint density at radius 1 is 1.31 bits per heavy atom. The Balaban J connectivity index is 4.25. The first kappa shape index (κ1) is 14.9. The van der Waals surface area contributed by atoms with E-state index in [9.17, 15) is 9.59 Å². The van der Waals surface area contributed by atoms with E-state index in [-0.39, 0.29) is 23.7 Å². The summed E-state index contributed by atoms with van der Waals surface area (Å²) in [4.78, 5) is 22.2. The van der Waals surface area contributed by atoms with Crippen molar-refractivity contribution in [2.24, 2.45) is 5.41 Å². The quantitative estimate of drug-likeness (QED) is 0.246. The minimum atomic E-state index is -0.907. The van der Waals surface area contributed by atoms with Gasteiger partial charge in [0.2, 0.25) is 6.73 Å². The van der Waals surface area contributed by atoms with Gasteiger partial charge in [-0.3, -0.25) is 9.28 Å². The van der Waals surface area contributed by atoms with Gasteiger partial charge in [0.25, 0.3) is 0 Å². The van der Waals surface area contributed by atoms with Crippen molar-refractivity contribution in [3.05, 3.63) is 0 Å². The number of hydrogen-bond acceptors (Lipinski definition) is 3. The van der Waals surface area contributed by atoms with Gasteiger partial charge < -0.3 is 9.84 Å². The molecule has 0 saturated heterocycles. The summed E-state index contributed by atoms with van der Waals surface area (Å²) < 4.78 is 5.26. The zero-order valence-electron chi connectivity index (χ0n) is 10.7. The highest BCUT2D eigenvalue weighted by Crippen LogP contribution is 2.21. The van der Waals surface area contributed by atoms with Gasteiger partial charge >= 0.3 is 11.9 Å². The summed E-state index contributed by atoms with van der Waals surface area (Å²) in [5.41, 5.74) is -0.511. The zero-order valence-corrected chi connectivity index (χ0v) is 10.7. The van der Waals surface area contributed by atoms with Crippen molar-refractivity contribution in [1.29, 1.82) is 0 Å². The molecule has 0 bridgehead atoms. The third-order valence-corrected chi connectivity index (χ3v) is 2.54. The van der Waals surface area contributed by atoms with Crippen LogP contribution < -0.4 is 0 Å². The van der Waals surface area contributed by atoms with Crippen LogP contribution in [-0.4, -0.2) is 48.9 Å². The normalized spacial score (nSPS) is 12.3. The fraction of sp³-hybridized carbons (Fsp3) is 0.818. The SMILES string of the molecule is CCC(C)(C)C(=O)OC[15N+]([13CH3])([13CH3])CC(=O)O. The van der Waals surface area contributed by atoms with E-state index in [0.717, 1.165) is 0 Å². The molecule has 0 amide bonds. The lowest BCUT2D eigenvalue weighted by Crippen LogP contribution is -2.46. The molecule has 0 rings (SSSR count). The van der Waals surface area contributed by atoms with E-state index >= 15 is 0 Å². The van der Waals surface area contributed by atoms with Gasteiger partial charge in [0.05, 0.1) is 19.5 Å². The third kappa shape index (κ3) is 5.11. The smallest absolute Gasteiger partial charge is 0.359 e. The third-order valence-electron chi connectivity index (χ3n) is 2.54. The van der Waals surface area contributed by atoms with Gasteiger partial charge in [0.1, 0.15) is 0 Å². The molecule has 0 aliphatic heterocycles. The van der Waals surface area contributed by atoms with Crippen LogP contribution in [0.3, 0.4) is 0 Å². The second kappa shape index (κ2) is 5.30. The largest absolute Gasteiger partial charge is 0.477 e. The van der Waals surface area contributed by atoms with E-state index in [2.05, 4.69) is 0 Å². The molecule has 0 spiro atoms. The standard InChI is InChI=1S/C11H21NO4/c1-6-11(2,3)10(15)16-8-12(4,5)7-9(13)14/h6-8H2,1-5H3/p+1/i4+1,5+1,12+1. The lowest BCUT2D eigenvalue weighted by Gasteiger charge is -2.29. The summed E-state index contributed by atoms with van der Waals surface area (Å²) in [6.07, 6.45) is 0.693. The molecule has 0 aliphatic rings. The topological polar surface area (TPSA) is 63.6 Å². The van der Waals surface area contributed by atoms with Gasteiger partial charge in [-0.05, 0) is 20.3 Å². The summed E-state index contributed by atoms with van der Waals surface area (Å²) in [5, 5.41) is 8.66. The molecule has 5 nitrogen and oxygen atoms in total. The molecular weight excluding hydrogens is 213 g/mol. The fourth-order valence-electron chi connectivity index (χ4n) is 0.985. The van der Waals surface area contributed by atoms with E-state index in [1.54, 1.807) is 14.1 Å². The predicted molar refractivity (Wildman–Crippen MR) is 59.6 cm³/mol.